The van der Waals surface area contributed by atoms with E-state index >= 15 is 0 Å². The van der Waals surface area contributed by atoms with Crippen LogP contribution in [0, 0.1) is 6.92 Å². The van der Waals surface area contributed by atoms with Gasteiger partial charge in [-0.25, -0.2) is 0 Å². The molecule has 2 rings (SSSR count). The summed E-state index contributed by atoms with van der Waals surface area (Å²) in [6, 6.07) is 12.7. The van der Waals surface area contributed by atoms with Crippen LogP contribution in [0.4, 0.5) is 0 Å². The lowest BCUT2D eigenvalue weighted by Gasteiger charge is -2.22. The summed E-state index contributed by atoms with van der Waals surface area (Å²) in [5, 5.41) is 3.56. The van der Waals surface area contributed by atoms with E-state index < -0.39 is 0 Å². The summed E-state index contributed by atoms with van der Waals surface area (Å²) in [6.07, 6.45) is 0. The van der Waals surface area contributed by atoms with E-state index in [9.17, 15) is 0 Å². The minimum Gasteiger partial charge on any atom is -0.497 e. The Morgan fingerprint density at radius 2 is 1.81 bits per heavy atom. The summed E-state index contributed by atoms with van der Waals surface area (Å²) in [4.78, 5) is 0. The van der Waals surface area contributed by atoms with Gasteiger partial charge in [0.25, 0.3) is 0 Å². The average molecular weight is 413 g/mol. The molecule has 0 aliphatic carbocycles. The lowest BCUT2D eigenvalue weighted by molar-refractivity contribution is 0.414. The Morgan fingerprint density at radius 3 is 2.43 bits per heavy atom. The van der Waals surface area contributed by atoms with E-state index in [1.807, 2.05) is 12.1 Å². The van der Waals surface area contributed by atoms with Gasteiger partial charge in [-0.2, -0.15) is 0 Å². The molecular weight excluding hydrogens is 394 g/mol. The van der Waals surface area contributed by atoms with Crippen LogP contribution in [0.25, 0.3) is 0 Å². The summed E-state index contributed by atoms with van der Waals surface area (Å²) in [5.41, 5.74) is 3.69. The van der Waals surface area contributed by atoms with Gasteiger partial charge in [0.2, 0.25) is 0 Å². The molecule has 4 heteroatoms. The third-order valence-corrected chi connectivity index (χ3v) is 4.80. The highest BCUT2D eigenvalue weighted by Crippen LogP contribution is 2.35. The van der Waals surface area contributed by atoms with Gasteiger partial charge in [0.15, 0.2) is 0 Å². The van der Waals surface area contributed by atoms with Crippen LogP contribution in [-0.2, 0) is 0 Å². The minimum atomic E-state index is 0.129. The highest BCUT2D eigenvalue weighted by atomic mass is 79.9. The molecule has 1 unspecified atom stereocenters. The smallest absolute Gasteiger partial charge is 0.120 e. The molecule has 0 fully saturated rings. The lowest BCUT2D eigenvalue weighted by Crippen LogP contribution is -2.23. The standard InChI is InChI=1S/C17H19Br2NO/c1-4-20-17(14-9-11(2)5-8-15(14)18)13-7-6-12(21-3)10-16(13)19/h5-10,17,20H,4H2,1-3H3. The zero-order chi connectivity index (χ0) is 15.4. The van der Waals surface area contributed by atoms with Crippen LogP contribution in [0.2, 0.25) is 0 Å². The zero-order valence-corrected chi connectivity index (χ0v) is 15.6. The molecule has 0 aliphatic rings. The second-order valence-electron chi connectivity index (χ2n) is 4.90. The van der Waals surface area contributed by atoms with Gasteiger partial charge in [-0.1, -0.05) is 62.5 Å². The number of rotatable bonds is 5. The van der Waals surface area contributed by atoms with Crippen LogP contribution < -0.4 is 10.1 Å². The fraction of sp³-hybridized carbons (Fsp3) is 0.294. The van der Waals surface area contributed by atoms with Crippen molar-refractivity contribution in [3.8, 4) is 5.75 Å². The Bertz CT molecular complexity index is 628. The maximum atomic E-state index is 5.28. The van der Waals surface area contributed by atoms with E-state index in [2.05, 4.69) is 75.3 Å². The summed E-state index contributed by atoms with van der Waals surface area (Å²) < 4.78 is 7.43. The van der Waals surface area contributed by atoms with Crippen LogP contribution in [0.5, 0.6) is 5.75 Å². The highest BCUT2D eigenvalue weighted by Gasteiger charge is 2.19. The number of nitrogens with one attached hydrogen (secondary N) is 1. The van der Waals surface area contributed by atoms with Gasteiger partial charge in [-0.05, 0) is 42.8 Å². The molecule has 0 aliphatic heterocycles. The second kappa shape index (κ2) is 7.43. The van der Waals surface area contributed by atoms with Crippen molar-refractivity contribution in [1.82, 2.24) is 5.32 Å². The van der Waals surface area contributed by atoms with Crippen molar-refractivity contribution in [3.05, 3.63) is 62.0 Å². The Morgan fingerprint density at radius 1 is 1.05 bits per heavy atom. The van der Waals surface area contributed by atoms with E-state index in [-0.39, 0.29) is 6.04 Å². The first-order valence-corrected chi connectivity index (χ1v) is 8.48. The molecule has 0 bridgehead atoms. The number of halogens is 2. The third kappa shape index (κ3) is 3.87. The quantitative estimate of drug-likeness (QED) is 0.725. The lowest BCUT2D eigenvalue weighted by atomic mass is 9.97. The maximum Gasteiger partial charge on any atom is 0.120 e. The Labute approximate surface area is 143 Å². The average Bonchev–Trinajstić information content (AvgIpc) is 2.48. The van der Waals surface area contributed by atoms with E-state index in [1.165, 1.54) is 16.7 Å². The Hall–Kier alpha value is -0.840. The fourth-order valence-corrected chi connectivity index (χ4v) is 3.41. The summed E-state index contributed by atoms with van der Waals surface area (Å²) in [5.74, 6) is 0.851. The van der Waals surface area contributed by atoms with Gasteiger partial charge in [-0.3, -0.25) is 0 Å². The third-order valence-electron chi connectivity index (χ3n) is 3.39. The number of hydrogen-bond acceptors (Lipinski definition) is 2. The molecule has 0 saturated heterocycles. The molecule has 2 aromatic carbocycles. The van der Waals surface area contributed by atoms with E-state index in [0.29, 0.717) is 0 Å². The van der Waals surface area contributed by atoms with E-state index in [1.54, 1.807) is 7.11 Å². The minimum absolute atomic E-state index is 0.129. The summed E-state index contributed by atoms with van der Waals surface area (Å²) in [7, 11) is 1.68. The molecule has 0 radical (unpaired) electrons. The highest BCUT2D eigenvalue weighted by molar-refractivity contribution is 9.10. The summed E-state index contributed by atoms with van der Waals surface area (Å²) >= 11 is 7.33. The summed E-state index contributed by atoms with van der Waals surface area (Å²) in [6.45, 7) is 5.12. The van der Waals surface area contributed by atoms with Crippen molar-refractivity contribution in [1.29, 1.82) is 0 Å². The van der Waals surface area contributed by atoms with Gasteiger partial charge < -0.3 is 10.1 Å². The van der Waals surface area contributed by atoms with E-state index in [0.717, 1.165) is 21.2 Å². The molecule has 1 atom stereocenters. The van der Waals surface area contributed by atoms with Gasteiger partial charge in [0.05, 0.1) is 13.2 Å². The number of hydrogen-bond donors (Lipinski definition) is 1. The van der Waals surface area contributed by atoms with Crippen molar-refractivity contribution in [2.45, 2.75) is 19.9 Å². The van der Waals surface area contributed by atoms with Gasteiger partial charge in [-0.15, -0.1) is 0 Å². The molecule has 0 heterocycles. The first-order valence-electron chi connectivity index (χ1n) is 6.89. The van der Waals surface area contributed by atoms with E-state index in [4.69, 9.17) is 4.74 Å². The molecule has 0 spiro atoms. The van der Waals surface area contributed by atoms with Gasteiger partial charge >= 0.3 is 0 Å². The topological polar surface area (TPSA) is 21.3 Å². The van der Waals surface area contributed by atoms with Crippen LogP contribution in [0.1, 0.15) is 29.7 Å². The molecule has 2 aromatic rings. The predicted molar refractivity (Wildman–Crippen MR) is 95.1 cm³/mol. The second-order valence-corrected chi connectivity index (χ2v) is 6.61. The van der Waals surface area contributed by atoms with Crippen molar-refractivity contribution in [2.24, 2.45) is 0 Å². The molecule has 0 saturated carbocycles. The molecule has 0 aromatic heterocycles. The van der Waals surface area contributed by atoms with Crippen LogP contribution >= 0.6 is 31.9 Å². The monoisotopic (exact) mass is 411 g/mol. The van der Waals surface area contributed by atoms with Gasteiger partial charge in [0, 0.05) is 8.95 Å². The van der Waals surface area contributed by atoms with Crippen molar-refractivity contribution < 1.29 is 4.74 Å². The predicted octanol–water partition coefficient (Wildman–Crippen LogP) is 5.23. The molecule has 1 N–H and O–H groups in total. The first-order chi connectivity index (χ1) is 10.1. The largest absolute Gasteiger partial charge is 0.497 e. The van der Waals surface area contributed by atoms with Crippen molar-refractivity contribution in [3.63, 3.8) is 0 Å². The normalized spacial score (nSPS) is 12.2. The molecular formula is C17H19Br2NO. The number of aryl methyl sites for hydroxylation is 1. The Balaban J connectivity index is 2.50. The SMILES string of the molecule is CCNC(c1ccc(OC)cc1Br)c1cc(C)ccc1Br. The molecule has 2 nitrogen and oxygen atoms in total. The van der Waals surface area contributed by atoms with Crippen molar-refractivity contribution >= 4 is 31.9 Å². The number of methoxy groups -OCH3 is 1. The van der Waals surface area contributed by atoms with Gasteiger partial charge in [0.1, 0.15) is 5.75 Å². The Kier molecular flexibility index (Phi) is 5.85. The number of ether oxygens (including phenoxy) is 1. The molecule has 112 valence electrons. The number of benzene rings is 2. The first kappa shape index (κ1) is 16.5. The fourth-order valence-electron chi connectivity index (χ4n) is 2.34. The molecule has 0 amide bonds. The van der Waals surface area contributed by atoms with Crippen LogP contribution in [-0.4, -0.2) is 13.7 Å². The van der Waals surface area contributed by atoms with Crippen molar-refractivity contribution in [2.75, 3.05) is 13.7 Å². The zero-order valence-electron chi connectivity index (χ0n) is 12.4. The maximum absolute atomic E-state index is 5.28. The molecule has 21 heavy (non-hydrogen) atoms. The van der Waals surface area contributed by atoms with Crippen LogP contribution in [0.3, 0.4) is 0 Å². The van der Waals surface area contributed by atoms with Crippen LogP contribution in [0.15, 0.2) is 45.3 Å².